The molecule has 0 bridgehead atoms. The molecular weight excluding hydrogens is 378 g/mol. The molecule has 10 heteroatoms. The van der Waals surface area contributed by atoms with Gasteiger partial charge in [-0.05, 0) is 48.4 Å². The fraction of sp³-hybridized carbons (Fsp3) is 0.188. The summed E-state index contributed by atoms with van der Waals surface area (Å²) in [6, 6.07) is 11.3. The lowest BCUT2D eigenvalue weighted by Gasteiger charge is -2.09. The number of carbonyl (C=O) groups is 1. The van der Waals surface area contributed by atoms with E-state index < -0.39 is 20.0 Å². The van der Waals surface area contributed by atoms with Gasteiger partial charge in [-0.2, -0.15) is 0 Å². The maximum Gasteiger partial charge on any atom is 0.261 e. The topological polar surface area (TPSA) is 135 Å². The number of primary sulfonamides is 1. The van der Waals surface area contributed by atoms with Crippen molar-refractivity contribution in [2.45, 2.75) is 23.1 Å². The van der Waals surface area contributed by atoms with Crippen molar-refractivity contribution in [3.05, 3.63) is 54.1 Å². The first kappa shape index (κ1) is 19.9. The summed E-state index contributed by atoms with van der Waals surface area (Å²) >= 11 is 0. The highest BCUT2D eigenvalue weighted by atomic mass is 32.2. The summed E-state index contributed by atoms with van der Waals surface area (Å²) in [5.41, 5.74) is 1.10. The zero-order chi connectivity index (χ0) is 19.4. The Morgan fingerprint density at radius 1 is 0.923 bits per heavy atom. The standard InChI is InChI=1S/C16H19N3O5S2/c1-12(20)18-11-10-13-2-6-16(7-3-13)26(23,24)19-14-4-8-15(9-5-14)25(17,21)22/h2-9,19H,10-11H2,1H3,(H,18,20)(H2,17,21,22). The van der Waals surface area contributed by atoms with Crippen molar-refractivity contribution >= 4 is 31.6 Å². The molecule has 0 radical (unpaired) electrons. The lowest BCUT2D eigenvalue weighted by Crippen LogP contribution is -2.22. The molecule has 0 heterocycles. The van der Waals surface area contributed by atoms with Gasteiger partial charge in [0.2, 0.25) is 15.9 Å². The van der Waals surface area contributed by atoms with Crippen LogP contribution in [-0.2, 0) is 31.3 Å². The number of hydrogen-bond acceptors (Lipinski definition) is 5. The number of nitrogens with two attached hydrogens (primary N) is 1. The molecule has 2 aromatic carbocycles. The molecule has 8 nitrogen and oxygen atoms in total. The highest BCUT2D eigenvalue weighted by molar-refractivity contribution is 7.92. The molecule has 140 valence electrons. The number of anilines is 1. The Balaban J connectivity index is 2.08. The van der Waals surface area contributed by atoms with Crippen molar-refractivity contribution in [2.75, 3.05) is 11.3 Å². The summed E-state index contributed by atoms with van der Waals surface area (Å²) < 4.78 is 49.6. The molecular formula is C16H19N3O5S2. The molecule has 1 amide bonds. The van der Waals surface area contributed by atoms with Crippen LogP contribution in [0.25, 0.3) is 0 Å². The summed E-state index contributed by atoms with van der Waals surface area (Å²) in [5, 5.41) is 7.67. The maximum absolute atomic E-state index is 12.4. The van der Waals surface area contributed by atoms with Gasteiger partial charge < -0.3 is 5.32 Å². The summed E-state index contributed by atoms with van der Waals surface area (Å²) in [7, 11) is -7.65. The van der Waals surface area contributed by atoms with E-state index >= 15 is 0 Å². The Kier molecular flexibility index (Phi) is 6.01. The lowest BCUT2D eigenvalue weighted by molar-refractivity contribution is -0.118. The SMILES string of the molecule is CC(=O)NCCc1ccc(S(=O)(=O)Nc2ccc(S(N)(=O)=O)cc2)cc1. The van der Waals surface area contributed by atoms with Gasteiger partial charge in [0.05, 0.1) is 9.79 Å². The van der Waals surface area contributed by atoms with Crippen LogP contribution in [0.5, 0.6) is 0 Å². The number of benzene rings is 2. The van der Waals surface area contributed by atoms with Crippen LogP contribution in [0.1, 0.15) is 12.5 Å². The number of nitrogens with one attached hydrogen (secondary N) is 2. The fourth-order valence-electron chi connectivity index (χ4n) is 2.14. The third-order valence-corrected chi connectivity index (χ3v) is 5.78. The fourth-order valence-corrected chi connectivity index (χ4v) is 3.72. The molecule has 0 aliphatic rings. The zero-order valence-electron chi connectivity index (χ0n) is 14.0. The molecule has 26 heavy (non-hydrogen) atoms. The van der Waals surface area contributed by atoms with Gasteiger partial charge in [-0.1, -0.05) is 12.1 Å². The molecule has 0 aromatic heterocycles. The molecule has 4 N–H and O–H groups in total. The minimum atomic E-state index is -3.84. The first-order valence-electron chi connectivity index (χ1n) is 7.57. The van der Waals surface area contributed by atoms with Crippen LogP contribution in [0.3, 0.4) is 0 Å². The Bertz CT molecular complexity index is 983. The number of hydrogen-bond donors (Lipinski definition) is 3. The molecule has 2 rings (SSSR count). The normalized spacial score (nSPS) is 11.8. The number of rotatable bonds is 7. The van der Waals surface area contributed by atoms with Crippen LogP contribution in [0.4, 0.5) is 5.69 Å². The van der Waals surface area contributed by atoms with Gasteiger partial charge in [0.25, 0.3) is 10.0 Å². The van der Waals surface area contributed by atoms with Crippen molar-refractivity contribution in [1.82, 2.24) is 5.32 Å². The summed E-state index contributed by atoms with van der Waals surface area (Å²) in [5.74, 6) is -0.123. The minimum Gasteiger partial charge on any atom is -0.356 e. The van der Waals surface area contributed by atoms with Crippen molar-refractivity contribution in [3.63, 3.8) is 0 Å². The predicted molar refractivity (Wildman–Crippen MR) is 97.5 cm³/mol. The van der Waals surface area contributed by atoms with Crippen molar-refractivity contribution in [3.8, 4) is 0 Å². The molecule has 2 aromatic rings. The van der Waals surface area contributed by atoms with E-state index in [9.17, 15) is 21.6 Å². The molecule has 0 aliphatic carbocycles. The second kappa shape index (κ2) is 7.85. The third-order valence-electron chi connectivity index (χ3n) is 3.46. The highest BCUT2D eigenvalue weighted by Gasteiger charge is 2.15. The van der Waals surface area contributed by atoms with E-state index in [1.807, 2.05) is 0 Å². The Morgan fingerprint density at radius 2 is 1.46 bits per heavy atom. The summed E-state index contributed by atoms with van der Waals surface area (Å²) in [4.78, 5) is 10.8. The molecule has 0 spiro atoms. The van der Waals surface area contributed by atoms with Gasteiger partial charge in [0, 0.05) is 19.2 Å². The largest absolute Gasteiger partial charge is 0.356 e. The van der Waals surface area contributed by atoms with E-state index in [0.717, 1.165) is 5.56 Å². The van der Waals surface area contributed by atoms with Crippen LogP contribution in [0.15, 0.2) is 58.3 Å². The van der Waals surface area contributed by atoms with Crippen molar-refractivity contribution < 1.29 is 21.6 Å². The first-order valence-corrected chi connectivity index (χ1v) is 10.6. The highest BCUT2D eigenvalue weighted by Crippen LogP contribution is 2.18. The minimum absolute atomic E-state index is 0.0660. The average molecular weight is 397 g/mol. The van der Waals surface area contributed by atoms with Gasteiger partial charge >= 0.3 is 0 Å². The second-order valence-electron chi connectivity index (χ2n) is 5.55. The second-order valence-corrected chi connectivity index (χ2v) is 8.80. The summed E-state index contributed by atoms with van der Waals surface area (Å²) in [6.07, 6.45) is 0.586. The molecule has 0 atom stereocenters. The van der Waals surface area contributed by atoms with Crippen LogP contribution in [-0.4, -0.2) is 29.3 Å². The third kappa shape index (κ3) is 5.55. The van der Waals surface area contributed by atoms with Gasteiger partial charge in [0.15, 0.2) is 0 Å². The Morgan fingerprint density at radius 3 is 1.96 bits per heavy atom. The lowest BCUT2D eigenvalue weighted by atomic mass is 10.1. The molecule has 0 aliphatic heterocycles. The smallest absolute Gasteiger partial charge is 0.261 e. The van der Waals surface area contributed by atoms with Gasteiger partial charge in [-0.15, -0.1) is 0 Å². The average Bonchev–Trinajstić information content (AvgIpc) is 2.54. The van der Waals surface area contributed by atoms with Crippen LogP contribution < -0.4 is 15.2 Å². The van der Waals surface area contributed by atoms with Crippen LogP contribution >= 0.6 is 0 Å². The molecule has 0 unspecified atom stereocenters. The maximum atomic E-state index is 12.4. The Labute approximate surface area is 152 Å². The van der Waals surface area contributed by atoms with Crippen LogP contribution in [0.2, 0.25) is 0 Å². The molecule has 0 saturated heterocycles. The number of sulfonamides is 2. The predicted octanol–water partition coefficient (Wildman–Crippen LogP) is 0.813. The van der Waals surface area contributed by atoms with Gasteiger partial charge in [-0.25, -0.2) is 22.0 Å². The zero-order valence-corrected chi connectivity index (χ0v) is 15.6. The van der Waals surface area contributed by atoms with Gasteiger partial charge in [0.1, 0.15) is 0 Å². The van der Waals surface area contributed by atoms with Crippen LogP contribution in [0, 0.1) is 0 Å². The Hall–Kier alpha value is -2.43. The van der Waals surface area contributed by atoms with E-state index in [1.54, 1.807) is 12.1 Å². The van der Waals surface area contributed by atoms with E-state index in [-0.39, 0.29) is 21.4 Å². The van der Waals surface area contributed by atoms with E-state index in [2.05, 4.69) is 10.0 Å². The first-order chi connectivity index (χ1) is 12.1. The van der Waals surface area contributed by atoms with Gasteiger partial charge in [-0.3, -0.25) is 9.52 Å². The van der Waals surface area contributed by atoms with E-state index in [4.69, 9.17) is 5.14 Å². The molecule has 0 fully saturated rings. The number of amides is 1. The van der Waals surface area contributed by atoms with E-state index in [1.165, 1.54) is 43.3 Å². The van der Waals surface area contributed by atoms with E-state index in [0.29, 0.717) is 13.0 Å². The summed E-state index contributed by atoms with van der Waals surface area (Å²) in [6.45, 7) is 1.90. The number of carbonyl (C=O) groups excluding carboxylic acids is 1. The van der Waals surface area contributed by atoms with Crippen molar-refractivity contribution in [2.24, 2.45) is 5.14 Å². The van der Waals surface area contributed by atoms with Crippen molar-refractivity contribution in [1.29, 1.82) is 0 Å². The molecule has 0 saturated carbocycles. The monoisotopic (exact) mass is 397 g/mol. The quantitative estimate of drug-likeness (QED) is 0.635.